The number of hydrogen-bond donors (Lipinski definition) is 0. The molecule has 0 aliphatic heterocycles. The first-order chi connectivity index (χ1) is 8.67. The van der Waals surface area contributed by atoms with Gasteiger partial charge in [-0.15, -0.1) is 11.6 Å². The molecule has 0 saturated heterocycles. The average molecular weight is 265 g/mol. The first-order valence-corrected chi connectivity index (χ1v) is 7.02. The van der Waals surface area contributed by atoms with Gasteiger partial charge in [0.15, 0.2) is 0 Å². The molecule has 0 aromatic heterocycles. The van der Waals surface area contributed by atoms with E-state index in [-0.39, 0.29) is 0 Å². The Labute approximate surface area is 115 Å². The summed E-state index contributed by atoms with van der Waals surface area (Å²) in [4.78, 5) is 11.3. The molecule has 1 aromatic carbocycles. The van der Waals surface area contributed by atoms with Crippen LogP contribution in [-0.4, -0.2) is 11.7 Å². The monoisotopic (exact) mass is 264 g/mol. The van der Waals surface area contributed by atoms with E-state index in [1.54, 1.807) is 0 Å². The Hall–Kier alpha value is -1.08. The Morgan fingerprint density at radius 3 is 2.56 bits per heavy atom. The molecule has 0 N–H and O–H groups in total. The number of benzene rings is 1. The first-order valence-electron chi connectivity index (χ1n) is 6.48. The standard InChI is InChI=1S/C16H21ClO/c1-3-16(18)10-6-9-14-7-4-5-8-15(14)11-13(2)12-17/h4-5,7-8H,2-3,6,9-12H2,1H3. The van der Waals surface area contributed by atoms with Crippen LogP contribution in [0.4, 0.5) is 0 Å². The number of rotatable bonds is 8. The normalized spacial score (nSPS) is 10.3. The van der Waals surface area contributed by atoms with E-state index in [1.807, 2.05) is 19.1 Å². The van der Waals surface area contributed by atoms with Crippen molar-refractivity contribution < 1.29 is 4.79 Å². The molecule has 0 spiro atoms. The second-order valence-corrected chi connectivity index (χ2v) is 4.84. The van der Waals surface area contributed by atoms with Gasteiger partial charge in [-0.05, 0) is 30.4 Å². The van der Waals surface area contributed by atoms with Crippen LogP contribution in [0, 0.1) is 0 Å². The Bertz CT molecular complexity index is 409. The number of allylic oxidation sites excluding steroid dienone is 1. The smallest absolute Gasteiger partial charge is 0.132 e. The molecule has 0 saturated carbocycles. The van der Waals surface area contributed by atoms with Crippen molar-refractivity contribution in [2.45, 2.75) is 39.0 Å². The number of carbonyl (C=O) groups excluding carboxylic acids is 1. The Morgan fingerprint density at radius 1 is 1.28 bits per heavy atom. The van der Waals surface area contributed by atoms with Gasteiger partial charge >= 0.3 is 0 Å². The highest BCUT2D eigenvalue weighted by molar-refractivity contribution is 6.19. The number of Topliss-reactive ketones (excluding diaryl/α,β-unsaturated/α-hetero) is 1. The molecular weight excluding hydrogens is 244 g/mol. The van der Waals surface area contributed by atoms with Gasteiger partial charge in [-0.3, -0.25) is 4.79 Å². The highest BCUT2D eigenvalue weighted by Gasteiger charge is 2.05. The molecule has 0 aliphatic carbocycles. The number of alkyl halides is 1. The van der Waals surface area contributed by atoms with Crippen LogP contribution < -0.4 is 0 Å². The predicted octanol–water partition coefficient (Wildman–Crippen LogP) is 4.33. The van der Waals surface area contributed by atoms with Crippen LogP contribution in [0.25, 0.3) is 0 Å². The van der Waals surface area contributed by atoms with E-state index in [4.69, 9.17) is 11.6 Å². The van der Waals surface area contributed by atoms with Crippen LogP contribution in [0.1, 0.15) is 37.3 Å². The van der Waals surface area contributed by atoms with Gasteiger partial charge in [-0.1, -0.05) is 43.3 Å². The Balaban J connectivity index is 2.59. The molecule has 0 radical (unpaired) electrons. The molecule has 2 heteroatoms. The molecular formula is C16H21ClO. The van der Waals surface area contributed by atoms with Gasteiger partial charge in [0.2, 0.25) is 0 Å². The summed E-state index contributed by atoms with van der Waals surface area (Å²) in [5, 5.41) is 0. The van der Waals surface area contributed by atoms with Crippen molar-refractivity contribution in [2.24, 2.45) is 0 Å². The van der Waals surface area contributed by atoms with Gasteiger partial charge in [0.05, 0.1) is 0 Å². The highest BCUT2D eigenvalue weighted by Crippen LogP contribution is 2.16. The summed E-state index contributed by atoms with van der Waals surface area (Å²) < 4.78 is 0. The fourth-order valence-corrected chi connectivity index (χ4v) is 2.04. The molecule has 0 heterocycles. The molecule has 0 fully saturated rings. The Kier molecular flexibility index (Phi) is 6.74. The zero-order valence-electron chi connectivity index (χ0n) is 11.0. The summed E-state index contributed by atoms with van der Waals surface area (Å²) in [6.45, 7) is 5.86. The van der Waals surface area contributed by atoms with Crippen LogP contribution in [0.15, 0.2) is 36.4 Å². The van der Waals surface area contributed by atoms with Crippen LogP contribution >= 0.6 is 11.6 Å². The maximum Gasteiger partial charge on any atom is 0.132 e. The second-order valence-electron chi connectivity index (χ2n) is 4.57. The largest absolute Gasteiger partial charge is 0.300 e. The third-order valence-electron chi connectivity index (χ3n) is 3.04. The van der Waals surface area contributed by atoms with Gasteiger partial charge in [0.1, 0.15) is 5.78 Å². The summed E-state index contributed by atoms with van der Waals surface area (Å²) in [6.07, 6.45) is 4.04. The second kappa shape index (κ2) is 8.10. The van der Waals surface area contributed by atoms with E-state index < -0.39 is 0 Å². The van der Waals surface area contributed by atoms with E-state index in [0.717, 1.165) is 24.8 Å². The highest BCUT2D eigenvalue weighted by atomic mass is 35.5. The summed E-state index contributed by atoms with van der Waals surface area (Å²) in [6, 6.07) is 8.34. The maximum atomic E-state index is 11.3. The minimum absolute atomic E-state index is 0.345. The van der Waals surface area contributed by atoms with E-state index in [0.29, 0.717) is 24.5 Å². The van der Waals surface area contributed by atoms with Crippen molar-refractivity contribution in [3.05, 3.63) is 47.5 Å². The molecule has 1 nitrogen and oxygen atoms in total. The average Bonchev–Trinajstić information content (AvgIpc) is 2.40. The number of carbonyl (C=O) groups is 1. The molecule has 1 rings (SSSR count). The van der Waals surface area contributed by atoms with Crippen LogP contribution in [0.5, 0.6) is 0 Å². The number of halogens is 1. The van der Waals surface area contributed by atoms with Gasteiger partial charge in [-0.2, -0.15) is 0 Å². The van der Waals surface area contributed by atoms with E-state index in [9.17, 15) is 4.79 Å². The molecule has 18 heavy (non-hydrogen) atoms. The van der Waals surface area contributed by atoms with Gasteiger partial charge in [0.25, 0.3) is 0 Å². The van der Waals surface area contributed by atoms with Crippen molar-refractivity contribution in [1.29, 1.82) is 0 Å². The quantitative estimate of drug-likeness (QED) is 0.505. The fourth-order valence-electron chi connectivity index (χ4n) is 1.94. The molecule has 0 atom stereocenters. The van der Waals surface area contributed by atoms with Crippen LogP contribution in [-0.2, 0) is 17.6 Å². The molecule has 0 unspecified atom stereocenters. The maximum absolute atomic E-state index is 11.3. The van der Waals surface area contributed by atoms with Crippen LogP contribution in [0.3, 0.4) is 0 Å². The summed E-state index contributed by atoms with van der Waals surface area (Å²) in [5.74, 6) is 0.848. The van der Waals surface area contributed by atoms with Crippen molar-refractivity contribution in [1.82, 2.24) is 0 Å². The van der Waals surface area contributed by atoms with Crippen molar-refractivity contribution in [3.8, 4) is 0 Å². The van der Waals surface area contributed by atoms with Crippen molar-refractivity contribution in [2.75, 3.05) is 5.88 Å². The number of aryl methyl sites for hydroxylation is 1. The fraction of sp³-hybridized carbons (Fsp3) is 0.438. The van der Waals surface area contributed by atoms with Gasteiger partial charge < -0.3 is 0 Å². The lowest BCUT2D eigenvalue weighted by atomic mass is 9.97. The third kappa shape index (κ3) is 5.05. The zero-order valence-corrected chi connectivity index (χ0v) is 11.8. The van der Waals surface area contributed by atoms with E-state index in [2.05, 4.69) is 18.7 Å². The Morgan fingerprint density at radius 2 is 1.94 bits per heavy atom. The summed E-state index contributed by atoms with van der Waals surface area (Å²) in [5.41, 5.74) is 3.63. The lowest BCUT2D eigenvalue weighted by Gasteiger charge is -2.09. The number of hydrogen-bond acceptors (Lipinski definition) is 1. The van der Waals surface area contributed by atoms with E-state index in [1.165, 1.54) is 11.1 Å². The number of ketones is 1. The minimum Gasteiger partial charge on any atom is -0.300 e. The van der Waals surface area contributed by atoms with Gasteiger partial charge in [0, 0.05) is 18.7 Å². The van der Waals surface area contributed by atoms with Gasteiger partial charge in [-0.25, -0.2) is 0 Å². The molecule has 98 valence electrons. The predicted molar refractivity (Wildman–Crippen MR) is 78.2 cm³/mol. The SMILES string of the molecule is C=C(CCl)Cc1ccccc1CCCC(=O)CC. The zero-order chi connectivity index (χ0) is 13.4. The van der Waals surface area contributed by atoms with Crippen molar-refractivity contribution >= 4 is 17.4 Å². The first kappa shape index (κ1) is 15.0. The van der Waals surface area contributed by atoms with E-state index >= 15 is 0 Å². The lowest BCUT2D eigenvalue weighted by molar-refractivity contribution is -0.118. The lowest BCUT2D eigenvalue weighted by Crippen LogP contribution is -2.00. The summed E-state index contributed by atoms with van der Waals surface area (Å²) in [7, 11) is 0. The molecule has 0 bridgehead atoms. The van der Waals surface area contributed by atoms with Crippen molar-refractivity contribution in [3.63, 3.8) is 0 Å². The molecule has 0 aliphatic rings. The van der Waals surface area contributed by atoms with Crippen LogP contribution in [0.2, 0.25) is 0 Å². The topological polar surface area (TPSA) is 17.1 Å². The molecule has 1 aromatic rings. The minimum atomic E-state index is 0.345. The summed E-state index contributed by atoms with van der Waals surface area (Å²) >= 11 is 5.77. The molecule has 0 amide bonds. The third-order valence-corrected chi connectivity index (χ3v) is 3.42.